The molecule has 0 atom stereocenters. The number of carbonyl (C=O) groups is 1. The minimum atomic E-state index is -0.391. The predicted octanol–water partition coefficient (Wildman–Crippen LogP) is 3.08. The highest BCUT2D eigenvalue weighted by molar-refractivity contribution is 9.10. The maximum atomic E-state index is 11.8. The Hall–Kier alpha value is -2.54. The fourth-order valence-electron chi connectivity index (χ4n) is 1.85. The van der Waals surface area contributed by atoms with Crippen molar-refractivity contribution in [3.63, 3.8) is 0 Å². The number of phenolic OH excluding ortho intramolecular Hbond substituents is 1. The van der Waals surface area contributed by atoms with Crippen LogP contribution in [0, 0.1) is 0 Å². The van der Waals surface area contributed by atoms with Crippen molar-refractivity contribution in [2.75, 3.05) is 13.7 Å². The van der Waals surface area contributed by atoms with Gasteiger partial charge in [-0.3, -0.25) is 4.79 Å². The Kier molecular flexibility index (Phi) is 6.20. The summed E-state index contributed by atoms with van der Waals surface area (Å²) < 4.78 is 11.5. The number of benzene rings is 2. The van der Waals surface area contributed by atoms with Gasteiger partial charge in [0, 0.05) is 4.47 Å². The van der Waals surface area contributed by atoms with Crippen molar-refractivity contribution < 1.29 is 19.4 Å². The minimum Gasteiger partial charge on any atom is -0.508 e. The number of halogens is 1. The quantitative estimate of drug-likeness (QED) is 0.584. The molecule has 0 bridgehead atoms. The molecule has 0 saturated heterocycles. The van der Waals surface area contributed by atoms with Crippen molar-refractivity contribution in [1.29, 1.82) is 0 Å². The van der Waals surface area contributed by atoms with E-state index in [2.05, 4.69) is 26.5 Å². The molecule has 126 valence electrons. The lowest BCUT2D eigenvalue weighted by atomic mass is 10.1. The standard InChI is InChI=1S/C17H17BrN2O4/c1-11(12-3-6-14(21)7-4-12)19-20-17(22)10-24-15-8-5-13(18)9-16(15)23-2/h3-9,21H,10H2,1-2H3,(H,20,22)/b19-11-. The van der Waals surface area contributed by atoms with Crippen LogP contribution in [0.4, 0.5) is 0 Å². The molecule has 0 aliphatic heterocycles. The lowest BCUT2D eigenvalue weighted by Gasteiger charge is -2.10. The lowest BCUT2D eigenvalue weighted by molar-refractivity contribution is -0.123. The van der Waals surface area contributed by atoms with Gasteiger partial charge in [0.05, 0.1) is 12.8 Å². The molecule has 0 aromatic heterocycles. The van der Waals surface area contributed by atoms with E-state index in [9.17, 15) is 9.90 Å². The van der Waals surface area contributed by atoms with Crippen LogP contribution in [0.15, 0.2) is 52.0 Å². The van der Waals surface area contributed by atoms with Crippen molar-refractivity contribution in [1.82, 2.24) is 5.43 Å². The van der Waals surface area contributed by atoms with E-state index >= 15 is 0 Å². The van der Waals surface area contributed by atoms with Crippen LogP contribution in [-0.2, 0) is 4.79 Å². The number of phenols is 1. The monoisotopic (exact) mass is 392 g/mol. The largest absolute Gasteiger partial charge is 0.508 e. The molecule has 0 saturated carbocycles. The molecule has 7 heteroatoms. The highest BCUT2D eigenvalue weighted by Gasteiger charge is 2.08. The topological polar surface area (TPSA) is 80.2 Å². The number of methoxy groups -OCH3 is 1. The smallest absolute Gasteiger partial charge is 0.277 e. The number of ether oxygens (including phenoxy) is 2. The van der Waals surface area contributed by atoms with E-state index in [4.69, 9.17) is 9.47 Å². The van der Waals surface area contributed by atoms with E-state index in [-0.39, 0.29) is 12.4 Å². The molecule has 2 aromatic carbocycles. The number of rotatable bonds is 6. The van der Waals surface area contributed by atoms with Gasteiger partial charge in [0.2, 0.25) is 0 Å². The number of amides is 1. The average molecular weight is 393 g/mol. The maximum absolute atomic E-state index is 11.8. The molecular weight excluding hydrogens is 376 g/mol. The van der Waals surface area contributed by atoms with Gasteiger partial charge < -0.3 is 14.6 Å². The fraction of sp³-hybridized carbons (Fsp3) is 0.176. The Morgan fingerprint density at radius 1 is 1.21 bits per heavy atom. The van der Waals surface area contributed by atoms with Gasteiger partial charge in [-0.2, -0.15) is 5.10 Å². The zero-order valence-corrected chi connectivity index (χ0v) is 14.8. The summed E-state index contributed by atoms with van der Waals surface area (Å²) in [6, 6.07) is 11.8. The Labute approximate surface area is 148 Å². The van der Waals surface area contributed by atoms with Crippen molar-refractivity contribution in [3.8, 4) is 17.2 Å². The molecule has 0 radical (unpaired) electrons. The molecule has 1 amide bonds. The number of hydrazone groups is 1. The molecule has 0 spiro atoms. The summed E-state index contributed by atoms with van der Waals surface area (Å²) in [6.07, 6.45) is 0. The summed E-state index contributed by atoms with van der Waals surface area (Å²) >= 11 is 3.34. The van der Waals surface area contributed by atoms with Gasteiger partial charge in [0.25, 0.3) is 5.91 Å². The molecule has 2 N–H and O–H groups in total. The fourth-order valence-corrected chi connectivity index (χ4v) is 2.19. The van der Waals surface area contributed by atoms with Gasteiger partial charge in [-0.15, -0.1) is 0 Å². The van der Waals surface area contributed by atoms with Crippen LogP contribution >= 0.6 is 15.9 Å². The van der Waals surface area contributed by atoms with Crippen LogP contribution in [0.1, 0.15) is 12.5 Å². The first-order valence-corrected chi connectivity index (χ1v) is 7.88. The van der Waals surface area contributed by atoms with Gasteiger partial charge in [-0.1, -0.05) is 15.9 Å². The Balaban J connectivity index is 1.91. The van der Waals surface area contributed by atoms with Gasteiger partial charge in [-0.25, -0.2) is 5.43 Å². The molecule has 0 fully saturated rings. The second kappa shape index (κ2) is 8.35. The first-order valence-electron chi connectivity index (χ1n) is 7.08. The SMILES string of the molecule is COc1cc(Br)ccc1OCC(=O)N/N=C(/C)c1ccc(O)cc1. The van der Waals surface area contributed by atoms with Crippen LogP contribution in [0.25, 0.3) is 0 Å². The van der Waals surface area contributed by atoms with Crippen molar-refractivity contribution in [2.45, 2.75) is 6.92 Å². The number of hydrogen-bond acceptors (Lipinski definition) is 5. The molecule has 0 unspecified atom stereocenters. The van der Waals surface area contributed by atoms with Crippen LogP contribution in [-0.4, -0.2) is 30.4 Å². The second-order valence-electron chi connectivity index (χ2n) is 4.86. The number of hydrogen-bond donors (Lipinski definition) is 2. The summed E-state index contributed by atoms with van der Waals surface area (Å²) in [5.74, 6) is 0.779. The summed E-state index contributed by atoms with van der Waals surface area (Å²) in [6.45, 7) is 1.57. The zero-order valence-electron chi connectivity index (χ0n) is 13.2. The third kappa shape index (κ3) is 4.99. The molecule has 0 aliphatic carbocycles. The summed E-state index contributed by atoms with van der Waals surface area (Å²) in [5.41, 5.74) is 3.84. The second-order valence-corrected chi connectivity index (χ2v) is 5.78. The lowest BCUT2D eigenvalue weighted by Crippen LogP contribution is -2.25. The normalized spacial score (nSPS) is 11.0. The number of aromatic hydroxyl groups is 1. The molecule has 2 aromatic rings. The van der Waals surface area contributed by atoms with E-state index in [0.29, 0.717) is 17.2 Å². The van der Waals surface area contributed by atoms with Gasteiger partial charge in [0.15, 0.2) is 18.1 Å². The highest BCUT2D eigenvalue weighted by Crippen LogP contribution is 2.30. The van der Waals surface area contributed by atoms with Crippen LogP contribution in [0.2, 0.25) is 0 Å². The third-order valence-corrected chi connectivity index (χ3v) is 3.61. The van der Waals surface area contributed by atoms with Crippen molar-refractivity contribution >= 4 is 27.5 Å². The van der Waals surface area contributed by atoms with E-state index in [1.54, 1.807) is 49.4 Å². The predicted molar refractivity (Wildman–Crippen MR) is 94.6 cm³/mol. The first-order chi connectivity index (χ1) is 11.5. The Bertz CT molecular complexity index is 745. The number of carbonyl (C=O) groups excluding carboxylic acids is 1. The zero-order chi connectivity index (χ0) is 17.5. The highest BCUT2D eigenvalue weighted by atomic mass is 79.9. The van der Waals surface area contributed by atoms with E-state index in [0.717, 1.165) is 10.0 Å². The minimum absolute atomic E-state index is 0.174. The van der Waals surface area contributed by atoms with Crippen molar-refractivity contribution in [2.24, 2.45) is 5.10 Å². The van der Waals surface area contributed by atoms with Gasteiger partial charge >= 0.3 is 0 Å². The van der Waals surface area contributed by atoms with Crippen molar-refractivity contribution in [3.05, 3.63) is 52.5 Å². The first kappa shape index (κ1) is 17.8. The average Bonchev–Trinajstić information content (AvgIpc) is 2.59. The molecule has 0 heterocycles. The number of nitrogens with one attached hydrogen (secondary N) is 1. The third-order valence-electron chi connectivity index (χ3n) is 3.12. The molecule has 6 nitrogen and oxygen atoms in total. The van der Waals surface area contributed by atoms with E-state index in [1.165, 1.54) is 7.11 Å². The van der Waals surface area contributed by atoms with E-state index in [1.807, 2.05) is 0 Å². The Morgan fingerprint density at radius 3 is 2.58 bits per heavy atom. The van der Waals surface area contributed by atoms with Crippen LogP contribution in [0.3, 0.4) is 0 Å². The van der Waals surface area contributed by atoms with Gasteiger partial charge in [0.1, 0.15) is 5.75 Å². The molecule has 24 heavy (non-hydrogen) atoms. The molecular formula is C17H17BrN2O4. The Morgan fingerprint density at radius 2 is 1.92 bits per heavy atom. The molecule has 0 aliphatic rings. The summed E-state index contributed by atoms with van der Waals surface area (Å²) in [5, 5.41) is 13.3. The molecule has 2 rings (SSSR count). The van der Waals surface area contributed by atoms with Crippen LogP contribution in [0.5, 0.6) is 17.2 Å². The van der Waals surface area contributed by atoms with Gasteiger partial charge in [-0.05, 0) is 55.0 Å². The summed E-state index contributed by atoms with van der Waals surface area (Å²) in [4.78, 5) is 11.8. The van der Waals surface area contributed by atoms with E-state index < -0.39 is 5.91 Å². The van der Waals surface area contributed by atoms with Crippen LogP contribution < -0.4 is 14.9 Å². The summed E-state index contributed by atoms with van der Waals surface area (Å²) in [7, 11) is 1.53. The number of nitrogens with zero attached hydrogens (tertiary/aromatic N) is 1. The maximum Gasteiger partial charge on any atom is 0.277 e.